The summed E-state index contributed by atoms with van der Waals surface area (Å²) in [5.74, 6) is 0.436. The predicted octanol–water partition coefficient (Wildman–Crippen LogP) is 6.61. The maximum atomic E-state index is 13.5. The monoisotopic (exact) mass is 602 g/mol. The van der Waals surface area contributed by atoms with E-state index in [4.69, 9.17) is 4.52 Å². The molecule has 2 heterocycles. The third-order valence-electron chi connectivity index (χ3n) is 7.55. The summed E-state index contributed by atoms with van der Waals surface area (Å²) in [6, 6.07) is 15.9. The van der Waals surface area contributed by atoms with Crippen LogP contribution in [0.1, 0.15) is 62.4 Å². The van der Waals surface area contributed by atoms with Crippen LogP contribution in [0.3, 0.4) is 0 Å². The van der Waals surface area contributed by atoms with Gasteiger partial charge in [0.15, 0.2) is 0 Å². The van der Waals surface area contributed by atoms with Gasteiger partial charge in [0.2, 0.25) is 17.7 Å². The fourth-order valence-electron chi connectivity index (χ4n) is 5.06. The number of rotatable bonds is 14. The fraction of sp³-hybridized carbons (Fsp3) is 0.394. The van der Waals surface area contributed by atoms with Gasteiger partial charge in [-0.05, 0) is 72.5 Å². The lowest BCUT2D eigenvalue weighted by Gasteiger charge is -2.33. The van der Waals surface area contributed by atoms with Crippen molar-refractivity contribution in [3.8, 4) is 11.1 Å². The molecule has 10 heteroatoms. The van der Waals surface area contributed by atoms with Crippen LogP contribution in [0.2, 0.25) is 0 Å². The van der Waals surface area contributed by atoms with E-state index in [1.807, 2.05) is 56.8 Å². The van der Waals surface area contributed by atoms with Crippen molar-refractivity contribution in [1.82, 2.24) is 25.2 Å². The molecule has 1 unspecified atom stereocenters. The lowest BCUT2D eigenvalue weighted by atomic mass is 9.95. The molecule has 43 heavy (non-hydrogen) atoms. The molecule has 2 N–H and O–H groups in total. The Morgan fingerprint density at radius 2 is 1.88 bits per heavy atom. The van der Waals surface area contributed by atoms with Gasteiger partial charge in [0.05, 0.1) is 12.2 Å². The van der Waals surface area contributed by atoms with Crippen molar-refractivity contribution in [2.45, 2.75) is 77.9 Å². The zero-order valence-electron chi connectivity index (χ0n) is 25.9. The van der Waals surface area contributed by atoms with Gasteiger partial charge in [-0.3, -0.25) is 19.0 Å². The lowest BCUT2D eigenvalue weighted by Crippen LogP contribution is -2.51. The number of benzene rings is 2. The van der Waals surface area contributed by atoms with E-state index in [0.717, 1.165) is 51.2 Å². The number of anilines is 1. The van der Waals surface area contributed by atoms with Gasteiger partial charge in [-0.1, -0.05) is 68.7 Å². The molecule has 228 valence electrons. The summed E-state index contributed by atoms with van der Waals surface area (Å²) in [7, 11) is 1.62. The van der Waals surface area contributed by atoms with Crippen LogP contribution in [0.4, 0.5) is 5.88 Å². The summed E-state index contributed by atoms with van der Waals surface area (Å²) >= 11 is 1.47. The smallest absolute Gasteiger partial charge is 0.242 e. The molecule has 2 aromatic carbocycles. The zero-order valence-corrected chi connectivity index (χ0v) is 26.7. The second-order valence-corrected chi connectivity index (χ2v) is 11.9. The van der Waals surface area contributed by atoms with E-state index in [1.165, 1.54) is 11.9 Å². The molecule has 0 fully saturated rings. The van der Waals surface area contributed by atoms with E-state index in [-0.39, 0.29) is 17.7 Å². The highest BCUT2D eigenvalue weighted by atomic mass is 32.2. The number of hydrogen-bond acceptors (Lipinski definition) is 7. The van der Waals surface area contributed by atoms with E-state index < -0.39 is 6.04 Å². The van der Waals surface area contributed by atoms with Crippen molar-refractivity contribution >= 4 is 29.6 Å². The number of amides is 2. The first-order valence-electron chi connectivity index (χ1n) is 14.8. The normalized spacial score (nSPS) is 11.9. The summed E-state index contributed by atoms with van der Waals surface area (Å²) in [4.78, 5) is 29.2. The van der Waals surface area contributed by atoms with E-state index >= 15 is 0 Å². The summed E-state index contributed by atoms with van der Waals surface area (Å²) in [5, 5.41) is 11.3. The first kappa shape index (κ1) is 31.9. The molecule has 0 aliphatic carbocycles. The van der Waals surface area contributed by atoms with Crippen LogP contribution >= 0.6 is 11.9 Å². The minimum Gasteiger partial charge on any atom is -0.357 e. The Bertz CT molecular complexity index is 1510. The average molecular weight is 603 g/mol. The van der Waals surface area contributed by atoms with E-state index in [9.17, 15) is 9.59 Å². The van der Waals surface area contributed by atoms with Gasteiger partial charge in [-0.15, -0.1) is 0 Å². The molecule has 4 aromatic rings. The Labute approximate surface area is 258 Å². The zero-order chi connectivity index (χ0) is 30.9. The molecule has 0 aliphatic rings. The molecule has 0 radical (unpaired) electrons. The molecule has 2 amide bonds. The Hall–Kier alpha value is -4.05. The molecule has 0 bridgehead atoms. The standard InChI is InChI=1S/C33H42N6O3S/c1-7-8-14-30(40)39(31(22(2)3)32(41)34-6)20-25-15-16-27(26(19-25)21-38-18-11-17-35-38)28-12-9-10-13-29(28)43-37-33-23(4)24(5)36-42-33/h9-13,15-19,22,31,37H,7-8,14,20-21H2,1-6H3,(H,34,41). The van der Waals surface area contributed by atoms with Gasteiger partial charge >= 0.3 is 0 Å². The fourth-order valence-corrected chi connectivity index (χ4v) is 5.89. The highest BCUT2D eigenvalue weighted by Crippen LogP contribution is 2.36. The van der Waals surface area contributed by atoms with Crippen LogP contribution < -0.4 is 10.0 Å². The molecule has 0 saturated carbocycles. The molecule has 1 atom stereocenters. The van der Waals surface area contributed by atoms with Crippen LogP contribution in [-0.2, 0) is 22.7 Å². The van der Waals surface area contributed by atoms with Crippen LogP contribution in [0.25, 0.3) is 11.1 Å². The van der Waals surface area contributed by atoms with Gasteiger partial charge in [-0.2, -0.15) is 5.10 Å². The number of unbranched alkanes of at least 4 members (excludes halogenated alkanes) is 1. The first-order valence-corrected chi connectivity index (χ1v) is 15.6. The van der Waals surface area contributed by atoms with Gasteiger partial charge in [0.1, 0.15) is 6.04 Å². The van der Waals surface area contributed by atoms with Crippen molar-refractivity contribution in [3.05, 3.63) is 83.3 Å². The molecule has 0 saturated heterocycles. The minimum absolute atomic E-state index is 0.00683. The van der Waals surface area contributed by atoms with Crippen molar-refractivity contribution in [2.24, 2.45) is 5.92 Å². The van der Waals surface area contributed by atoms with E-state index in [2.05, 4.69) is 57.5 Å². The van der Waals surface area contributed by atoms with Gasteiger partial charge in [0.25, 0.3) is 0 Å². The SMILES string of the molecule is CCCCC(=O)N(Cc1ccc(-c2ccccc2SNc2onc(C)c2C)c(Cn2cccn2)c1)C(C(=O)NC)C(C)C. The molecule has 0 spiro atoms. The van der Waals surface area contributed by atoms with Gasteiger partial charge in [0, 0.05) is 42.9 Å². The molecule has 9 nitrogen and oxygen atoms in total. The number of nitrogens with zero attached hydrogens (tertiary/aromatic N) is 4. The Morgan fingerprint density at radius 1 is 1.09 bits per heavy atom. The van der Waals surface area contributed by atoms with Crippen LogP contribution in [0.5, 0.6) is 0 Å². The Kier molecular flexibility index (Phi) is 11.1. The molecule has 0 aliphatic heterocycles. The first-order chi connectivity index (χ1) is 20.7. The van der Waals surface area contributed by atoms with Crippen molar-refractivity contribution in [3.63, 3.8) is 0 Å². The van der Waals surface area contributed by atoms with Crippen molar-refractivity contribution in [2.75, 3.05) is 11.8 Å². The van der Waals surface area contributed by atoms with Crippen LogP contribution in [-0.4, -0.2) is 44.7 Å². The van der Waals surface area contributed by atoms with E-state index in [0.29, 0.717) is 25.4 Å². The van der Waals surface area contributed by atoms with Gasteiger partial charge in [-0.25, -0.2) is 0 Å². The number of carbonyl (C=O) groups excluding carboxylic acids is 2. The number of nitrogens with one attached hydrogen (secondary N) is 2. The summed E-state index contributed by atoms with van der Waals surface area (Å²) in [6.07, 6.45) is 5.82. The Balaban J connectivity index is 1.72. The quantitative estimate of drug-likeness (QED) is 0.156. The lowest BCUT2D eigenvalue weighted by molar-refractivity contribution is -0.142. The summed E-state index contributed by atoms with van der Waals surface area (Å²) in [5.41, 5.74) is 5.97. The number of hydrogen-bond donors (Lipinski definition) is 2. The van der Waals surface area contributed by atoms with E-state index in [1.54, 1.807) is 18.1 Å². The topological polar surface area (TPSA) is 105 Å². The molecular formula is C33H42N6O3S. The number of carbonyl (C=O) groups is 2. The van der Waals surface area contributed by atoms with Crippen LogP contribution in [0, 0.1) is 19.8 Å². The summed E-state index contributed by atoms with van der Waals surface area (Å²) in [6.45, 7) is 10.8. The van der Waals surface area contributed by atoms with Crippen molar-refractivity contribution < 1.29 is 14.1 Å². The van der Waals surface area contributed by atoms with Crippen LogP contribution in [0.15, 0.2) is 70.3 Å². The van der Waals surface area contributed by atoms with Crippen molar-refractivity contribution in [1.29, 1.82) is 0 Å². The van der Waals surface area contributed by atoms with Gasteiger partial charge < -0.3 is 14.7 Å². The third kappa shape index (κ3) is 7.87. The molecule has 2 aromatic heterocycles. The third-order valence-corrected chi connectivity index (χ3v) is 8.41. The number of aryl methyl sites for hydroxylation is 1. The maximum absolute atomic E-state index is 13.5. The number of likely N-dealkylation sites (N-methyl/N-ethyl adjacent to an activating group) is 1. The average Bonchev–Trinajstić information content (AvgIpc) is 3.63. The molecule has 4 rings (SSSR count). The second-order valence-electron chi connectivity index (χ2n) is 11.0. The summed E-state index contributed by atoms with van der Waals surface area (Å²) < 4.78 is 10.7. The predicted molar refractivity (Wildman–Crippen MR) is 171 cm³/mol. The second kappa shape index (κ2) is 14.9. The minimum atomic E-state index is -0.560. The number of aromatic nitrogens is 3. The Morgan fingerprint density at radius 3 is 2.53 bits per heavy atom. The maximum Gasteiger partial charge on any atom is 0.242 e. The highest BCUT2D eigenvalue weighted by molar-refractivity contribution is 8.00. The highest BCUT2D eigenvalue weighted by Gasteiger charge is 2.31. The molecular weight excluding hydrogens is 560 g/mol. The largest absolute Gasteiger partial charge is 0.357 e.